The molecule has 40 heavy (non-hydrogen) atoms. The fraction of sp³-hybridized carbons (Fsp3) is 0.286. The molecule has 0 unspecified atom stereocenters. The van der Waals surface area contributed by atoms with Gasteiger partial charge in [-0.05, 0) is 60.1 Å². The second-order valence-electron chi connectivity index (χ2n) is 8.83. The lowest BCUT2D eigenvalue weighted by Gasteiger charge is -2.20. The average molecular weight is 573 g/mol. The molecular weight excluding hydrogens is 543 g/mol. The van der Waals surface area contributed by atoms with Gasteiger partial charge in [0.25, 0.3) is 5.91 Å². The van der Waals surface area contributed by atoms with Crippen LogP contribution in [0.4, 0.5) is 4.39 Å². The zero-order chi connectivity index (χ0) is 29.0. The Labute approximate surface area is 234 Å². The summed E-state index contributed by atoms with van der Waals surface area (Å²) in [6.07, 6.45) is 2.66. The average Bonchev–Trinajstić information content (AvgIpc) is 3.19. The third-order valence-electron chi connectivity index (χ3n) is 6.68. The molecule has 4 rings (SSSR count). The van der Waals surface area contributed by atoms with Crippen LogP contribution >= 0.6 is 11.8 Å². The minimum atomic E-state index is -0.872. The van der Waals surface area contributed by atoms with E-state index in [1.165, 1.54) is 57.4 Å². The molecule has 1 aliphatic carbocycles. The molecule has 1 atom stereocenters. The summed E-state index contributed by atoms with van der Waals surface area (Å²) in [6.45, 7) is -0.516. The number of rotatable bonds is 9. The summed E-state index contributed by atoms with van der Waals surface area (Å²) < 4.78 is 32.1. The highest BCUT2D eigenvalue weighted by molar-refractivity contribution is 7.98. The van der Waals surface area contributed by atoms with E-state index in [0.717, 1.165) is 5.56 Å². The number of nitrogens with one attached hydrogen (secondary N) is 1. The van der Waals surface area contributed by atoms with Gasteiger partial charge in [-0.2, -0.15) is 0 Å². The number of nitrogens with zero attached hydrogens (tertiary/aromatic N) is 1. The number of carbonyl (C=O) groups excluding carboxylic acids is 1. The smallest absolute Gasteiger partial charge is 0.254 e. The molecule has 3 aromatic carbocycles. The molecule has 10 nitrogen and oxygen atoms in total. The Morgan fingerprint density at radius 3 is 2.50 bits per heavy atom. The Morgan fingerprint density at radius 2 is 1.85 bits per heavy atom. The first-order valence-corrected chi connectivity index (χ1v) is 13.4. The van der Waals surface area contributed by atoms with Crippen molar-refractivity contribution in [1.29, 1.82) is 0 Å². The monoisotopic (exact) mass is 572 g/mol. The molecule has 0 heterocycles. The molecule has 1 aliphatic rings. The molecule has 0 radical (unpaired) electrons. The van der Waals surface area contributed by atoms with Gasteiger partial charge >= 0.3 is 0 Å². The molecule has 3 N–H and O–H groups in total. The molecule has 1 amide bonds. The Balaban J connectivity index is 1.85. The molecule has 0 fully saturated rings. The van der Waals surface area contributed by atoms with Crippen LogP contribution in [0.2, 0.25) is 0 Å². The number of carbonyl (C=O) groups is 1. The summed E-state index contributed by atoms with van der Waals surface area (Å²) in [7, 11) is 4.55. The Morgan fingerprint density at radius 1 is 1.10 bits per heavy atom. The maximum Gasteiger partial charge on any atom is 0.254 e. The van der Waals surface area contributed by atoms with Gasteiger partial charge in [-0.3, -0.25) is 20.0 Å². The van der Waals surface area contributed by atoms with Gasteiger partial charge in [0.1, 0.15) is 12.4 Å². The van der Waals surface area contributed by atoms with Crippen LogP contribution in [0, 0.1) is 5.82 Å². The van der Waals surface area contributed by atoms with Gasteiger partial charge in [0, 0.05) is 11.1 Å². The van der Waals surface area contributed by atoms with Crippen LogP contribution in [0.5, 0.6) is 17.2 Å². The van der Waals surface area contributed by atoms with E-state index in [1.807, 2.05) is 12.1 Å². The summed E-state index contributed by atoms with van der Waals surface area (Å²) in [5, 5.41) is 19.9. The van der Waals surface area contributed by atoms with Gasteiger partial charge in [0.15, 0.2) is 16.9 Å². The fourth-order valence-electron chi connectivity index (χ4n) is 4.85. The van der Waals surface area contributed by atoms with Crippen LogP contribution < -0.4 is 25.0 Å². The molecule has 0 saturated carbocycles. The molecule has 212 valence electrons. The van der Waals surface area contributed by atoms with E-state index >= 15 is 4.39 Å². The molecule has 0 aromatic heterocycles. The van der Waals surface area contributed by atoms with Gasteiger partial charge in [0.2, 0.25) is 5.75 Å². The first-order valence-electron chi connectivity index (χ1n) is 12.2. The summed E-state index contributed by atoms with van der Waals surface area (Å²) in [6, 6.07) is 10.3. The van der Waals surface area contributed by atoms with Crippen molar-refractivity contribution in [3.05, 3.63) is 80.8 Å². The van der Waals surface area contributed by atoms with E-state index in [4.69, 9.17) is 24.6 Å². The van der Waals surface area contributed by atoms with Crippen LogP contribution in [-0.2, 0) is 17.9 Å². The van der Waals surface area contributed by atoms with Crippen LogP contribution in [-0.4, -0.2) is 49.3 Å². The number of fused-ring (bicyclic) bond motifs is 3. The number of hydrogen-bond acceptors (Lipinski definition) is 10. The predicted molar refractivity (Wildman–Crippen MR) is 145 cm³/mol. The van der Waals surface area contributed by atoms with Crippen molar-refractivity contribution < 1.29 is 38.6 Å². The lowest BCUT2D eigenvalue weighted by Crippen LogP contribution is -2.30. The van der Waals surface area contributed by atoms with Crippen LogP contribution in [0.3, 0.4) is 0 Å². The second kappa shape index (κ2) is 12.7. The number of hydrogen-bond donors (Lipinski definition) is 3. The Kier molecular flexibility index (Phi) is 9.28. The maximum atomic E-state index is 15.2. The third kappa shape index (κ3) is 5.76. The first kappa shape index (κ1) is 29.3. The van der Waals surface area contributed by atoms with E-state index in [9.17, 15) is 9.59 Å². The molecule has 0 aliphatic heterocycles. The van der Waals surface area contributed by atoms with Crippen LogP contribution in [0.1, 0.15) is 39.5 Å². The van der Waals surface area contributed by atoms with Gasteiger partial charge < -0.3 is 19.5 Å². The van der Waals surface area contributed by atoms with E-state index in [2.05, 4.69) is 10.2 Å². The Hall–Kier alpha value is -3.68. The van der Waals surface area contributed by atoms with Crippen molar-refractivity contribution >= 4 is 17.7 Å². The number of aryl methyl sites for hydroxylation is 1. The standard InChI is InChI=1S/C28H29FN2O8S/c1-36-22-12-15-8-10-20(30-28(33)18-7-5-6-16(25(18)29)14-39-31(34)35)19-13-21(32)23(40-4)11-9-17(19)24(15)27(38-3)26(22)37-2/h5-7,9,11-13,20,34-35H,8,10,14H2,1-4H3,(H,30,33)/t20-/m0/s1. The summed E-state index contributed by atoms with van der Waals surface area (Å²) >= 11 is 1.30. The van der Waals surface area contributed by atoms with Crippen LogP contribution in [0.25, 0.3) is 11.1 Å². The second-order valence-corrected chi connectivity index (χ2v) is 9.68. The van der Waals surface area contributed by atoms with Crippen molar-refractivity contribution in [2.75, 3.05) is 27.6 Å². The van der Waals surface area contributed by atoms with Crippen molar-refractivity contribution in [1.82, 2.24) is 10.7 Å². The third-order valence-corrected chi connectivity index (χ3v) is 7.46. The minimum Gasteiger partial charge on any atom is -0.493 e. The minimum absolute atomic E-state index is 0.0591. The van der Waals surface area contributed by atoms with Gasteiger partial charge in [-0.25, -0.2) is 9.23 Å². The number of methoxy groups -OCH3 is 3. The maximum absolute atomic E-state index is 15.2. The summed E-state index contributed by atoms with van der Waals surface area (Å²) in [5.41, 5.74) is 2.22. The fourth-order valence-corrected chi connectivity index (χ4v) is 5.31. The number of benzene rings is 2. The number of thioether (sulfide) groups is 1. The normalized spacial score (nSPS) is 14.2. The zero-order valence-corrected chi connectivity index (χ0v) is 23.1. The summed E-state index contributed by atoms with van der Waals surface area (Å²) in [5.74, 6) is -0.293. The van der Waals surface area contributed by atoms with Gasteiger partial charge in [-0.1, -0.05) is 18.2 Å². The van der Waals surface area contributed by atoms with Gasteiger partial charge in [0.05, 0.1) is 43.2 Å². The number of amides is 1. The topological polar surface area (TPSA) is 127 Å². The quantitative estimate of drug-likeness (QED) is 0.249. The molecular formula is C28H29FN2O8S. The summed E-state index contributed by atoms with van der Waals surface area (Å²) in [4.78, 5) is 31.5. The van der Waals surface area contributed by atoms with Crippen LogP contribution in [0.15, 0.2) is 52.2 Å². The number of halogens is 1. The predicted octanol–water partition coefficient (Wildman–Crippen LogP) is 4.53. The lowest BCUT2D eigenvalue weighted by molar-refractivity contribution is -0.497. The van der Waals surface area contributed by atoms with E-state index < -0.39 is 29.8 Å². The molecule has 12 heteroatoms. The Bertz CT molecular complexity index is 1480. The van der Waals surface area contributed by atoms with Crippen molar-refractivity contribution in [3.63, 3.8) is 0 Å². The van der Waals surface area contributed by atoms with E-state index in [0.29, 0.717) is 51.7 Å². The number of ether oxygens (including phenoxy) is 3. The van der Waals surface area contributed by atoms with Crippen molar-refractivity contribution in [2.45, 2.75) is 30.4 Å². The van der Waals surface area contributed by atoms with Crippen molar-refractivity contribution in [3.8, 4) is 28.4 Å². The van der Waals surface area contributed by atoms with E-state index in [1.54, 1.807) is 12.3 Å². The van der Waals surface area contributed by atoms with Crippen molar-refractivity contribution in [2.24, 2.45) is 0 Å². The highest BCUT2D eigenvalue weighted by Gasteiger charge is 2.30. The highest BCUT2D eigenvalue weighted by atomic mass is 32.2. The molecule has 0 saturated heterocycles. The molecule has 3 aromatic rings. The van der Waals surface area contributed by atoms with E-state index in [-0.39, 0.29) is 16.6 Å². The zero-order valence-electron chi connectivity index (χ0n) is 22.3. The highest BCUT2D eigenvalue weighted by Crippen LogP contribution is 2.50. The largest absolute Gasteiger partial charge is 0.493 e. The molecule has 0 bridgehead atoms. The lowest BCUT2D eigenvalue weighted by atomic mass is 9.95. The first-order chi connectivity index (χ1) is 19.2. The van der Waals surface area contributed by atoms with Gasteiger partial charge in [-0.15, -0.1) is 11.8 Å². The molecule has 0 spiro atoms. The SMILES string of the molecule is COc1cc2c(c(OC)c1OC)-c1ccc(SC)c(=O)cc1[C@@H](NC(=O)c1cccc(CON(O)O)c1F)CC2.